The molecule has 2 rings (SSSR count). The Kier molecular flexibility index (Phi) is 3.58. The van der Waals surface area contributed by atoms with Gasteiger partial charge in [-0.2, -0.15) is 0 Å². The van der Waals surface area contributed by atoms with Crippen molar-refractivity contribution in [3.8, 4) is 11.6 Å². The summed E-state index contributed by atoms with van der Waals surface area (Å²) in [5.74, 6) is 0.625. The van der Waals surface area contributed by atoms with Gasteiger partial charge in [0.25, 0.3) is 0 Å². The molecule has 0 aliphatic rings. The third-order valence-electron chi connectivity index (χ3n) is 2.59. The van der Waals surface area contributed by atoms with Crippen LogP contribution >= 0.6 is 0 Å². The van der Waals surface area contributed by atoms with Crippen molar-refractivity contribution in [3.63, 3.8) is 0 Å². The van der Waals surface area contributed by atoms with Gasteiger partial charge in [-0.1, -0.05) is 0 Å². The molecule has 0 unspecified atom stereocenters. The van der Waals surface area contributed by atoms with E-state index in [9.17, 15) is 9.50 Å². The number of halogens is 1. The number of rotatable bonds is 3. The zero-order valence-electron chi connectivity index (χ0n) is 10.2. The van der Waals surface area contributed by atoms with Gasteiger partial charge in [0.05, 0.1) is 6.10 Å². The van der Waals surface area contributed by atoms with Gasteiger partial charge in [-0.15, -0.1) is 0 Å². The van der Waals surface area contributed by atoms with Gasteiger partial charge in [0.1, 0.15) is 11.6 Å². The van der Waals surface area contributed by atoms with Gasteiger partial charge in [0.2, 0.25) is 5.88 Å². The Hall–Kier alpha value is -1.94. The maximum absolute atomic E-state index is 13.0. The minimum Gasteiger partial charge on any atom is -0.439 e. The molecule has 1 N–H and O–H groups in total. The van der Waals surface area contributed by atoms with Crippen LogP contribution in [0.2, 0.25) is 0 Å². The fourth-order valence-electron chi connectivity index (χ4n) is 1.58. The Morgan fingerprint density at radius 2 is 2.06 bits per heavy atom. The predicted molar refractivity (Wildman–Crippen MR) is 66.1 cm³/mol. The first-order valence-corrected chi connectivity index (χ1v) is 5.64. The largest absolute Gasteiger partial charge is 0.439 e. The summed E-state index contributed by atoms with van der Waals surface area (Å²) in [6.45, 7) is 3.43. The molecular weight excluding hydrogens is 233 g/mol. The van der Waals surface area contributed by atoms with E-state index in [1.54, 1.807) is 38.2 Å². The molecule has 1 aromatic carbocycles. The molecule has 0 aliphatic carbocycles. The monoisotopic (exact) mass is 247 g/mol. The van der Waals surface area contributed by atoms with Crippen LogP contribution < -0.4 is 4.74 Å². The highest BCUT2D eigenvalue weighted by molar-refractivity contribution is 5.36. The van der Waals surface area contributed by atoms with Gasteiger partial charge in [-0.05, 0) is 49.2 Å². The van der Waals surface area contributed by atoms with Gasteiger partial charge < -0.3 is 9.84 Å². The van der Waals surface area contributed by atoms with Gasteiger partial charge in [0.15, 0.2) is 0 Å². The molecule has 94 valence electrons. The van der Waals surface area contributed by atoms with Crippen molar-refractivity contribution in [2.45, 2.75) is 20.0 Å². The fourth-order valence-corrected chi connectivity index (χ4v) is 1.58. The van der Waals surface area contributed by atoms with Crippen molar-refractivity contribution in [3.05, 3.63) is 53.5 Å². The van der Waals surface area contributed by atoms with E-state index in [0.717, 1.165) is 5.56 Å². The smallest absolute Gasteiger partial charge is 0.219 e. The summed E-state index contributed by atoms with van der Waals surface area (Å²) in [6.07, 6.45) is 0.987. The number of aliphatic hydroxyl groups excluding tert-OH is 1. The van der Waals surface area contributed by atoms with E-state index in [-0.39, 0.29) is 5.82 Å². The van der Waals surface area contributed by atoms with Gasteiger partial charge in [-0.25, -0.2) is 9.37 Å². The Bertz CT molecular complexity index is 555. The maximum atomic E-state index is 13.0. The third kappa shape index (κ3) is 2.84. The summed E-state index contributed by atoms with van der Waals surface area (Å²) in [7, 11) is 0. The second-order valence-electron chi connectivity index (χ2n) is 4.12. The average Bonchev–Trinajstić information content (AvgIpc) is 2.33. The number of aromatic nitrogens is 1. The zero-order valence-corrected chi connectivity index (χ0v) is 10.2. The summed E-state index contributed by atoms with van der Waals surface area (Å²) in [4.78, 5) is 4.05. The molecule has 3 nitrogen and oxygen atoms in total. The van der Waals surface area contributed by atoms with Crippen LogP contribution in [0.3, 0.4) is 0 Å². The molecular formula is C14H14FNO2. The Morgan fingerprint density at radius 3 is 2.72 bits per heavy atom. The highest BCUT2D eigenvalue weighted by atomic mass is 19.1. The third-order valence-corrected chi connectivity index (χ3v) is 2.59. The van der Waals surface area contributed by atoms with E-state index in [0.29, 0.717) is 17.2 Å². The van der Waals surface area contributed by atoms with Crippen LogP contribution in [0, 0.1) is 12.7 Å². The normalized spacial score (nSPS) is 12.2. The molecule has 1 aromatic heterocycles. The maximum Gasteiger partial charge on any atom is 0.219 e. The van der Waals surface area contributed by atoms with E-state index in [4.69, 9.17) is 4.74 Å². The second kappa shape index (κ2) is 5.14. The molecule has 4 heteroatoms. The predicted octanol–water partition coefficient (Wildman–Crippen LogP) is 3.37. The van der Waals surface area contributed by atoms with Gasteiger partial charge in [-0.3, -0.25) is 0 Å². The van der Waals surface area contributed by atoms with Crippen molar-refractivity contribution in [1.82, 2.24) is 4.98 Å². The summed E-state index contributed by atoms with van der Waals surface area (Å²) in [6, 6.07) is 7.67. The van der Waals surface area contributed by atoms with Gasteiger partial charge >= 0.3 is 0 Å². The Balaban J connectivity index is 2.25. The first kappa shape index (κ1) is 12.5. The molecule has 0 spiro atoms. The lowest BCUT2D eigenvalue weighted by Gasteiger charge is -2.10. The highest BCUT2D eigenvalue weighted by Crippen LogP contribution is 2.25. The Labute approximate surface area is 105 Å². The lowest BCUT2D eigenvalue weighted by atomic mass is 10.2. The molecule has 0 fully saturated rings. The minimum absolute atomic E-state index is 0.300. The van der Waals surface area contributed by atoms with Crippen molar-refractivity contribution in [1.29, 1.82) is 0 Å². The van der Waals surface area contributed by atoms with Crippen molar-refractivity contribution < 1.29 is 14.2 Å². The zero-order chi connectivity index (χ0) is 13.1. The van der Waals surface area contributed by atoms with Crippen molar-refractivity contribution in [2.75, 3.05) is 0 Å². The molecule has 0 amide bonds. The van der Waals surface area contributed by atoms with Crippen LogP contribution in [0.4, 0.5) is 4.39 Å². The van der Waals surface area contributed by atoms with Gasteiger partial charge in [0, 0.05) is 12.3 Å². The van der Waals surface area contributed by atoms with Crippen molar-refractivity contribution in [2.24, 2.45) is 0 Å². The number of ether oxygens (including phenoxy) is 1. The van der Waals surface area contributed by atoms with Crippen LogP contribution in [0.15, 0.2) is 36.5 Å². The summed E-state index contributed by atoms with van der Waals surface area (Å²) >= 11 is 0. The summed E-state index contributed by atoms with van der Waals surface area (Å²) in [5.41, 5.74) is 1.42. The molecule has 0 saturated carbocycles. The molecule has 1 atom stereocenters. The van der Waals surface area contributed by atoms with Crippen LogP contribution in [0.1, 0.15) is 24.2 Å². The lowest BCUT2D eigenvalue weighted by Crippen LogP contribution is -1.95. The van der Waals surface area contributed by atoms with E-state index in [2.05, 4.69) is 4.98 Å². The topological polar surface area (TPSA) is 42.4 Å². The number of aryl methyl sites for hydroxylation is 1. The van der Waals surface area contributed by atoms with Crippen LogP contribution in [0.25, 0.3) is 0 Å². The van der Waals surface area contributed by atoms with Crippen LogP contribution in [-0.2, 0) is 0 Å². The van der Waals surface area contributed by atoms with Crippen LogP contribution in [-0.4, -0.2) is 10.1 Å². The minimum atomic E-state index is -0.579. The molecule has 18 heavy (non-hydrogen) atoms. The number of pyridine rings is 1. The fraction of sp³-hybridized carbons (Fsp3) is 0.214. The first-order chi connectivity index (χ1) is 8.56. The first-order valence-electron chi connectivity index (χ1n) is 5.64. The summed E-state index contributed by atoms with van der Waals surface area (Å²) in [5, 5.41) is 9.47. The molecule has 0 radical (unpaired) electrons. The molecule has 0 bridgehead atoms. The average molecular weight is 247 g/mol. The Morgan fingerprint density at radius 1 is 1.28 bits per heavy atom. The number of hydrogen-bond donors (Lipinski definition) is 1. The standard InChI is InChI=1S/C14H14FNO2/c1-9-7-12(15)3-4-13(9)18-14-8-11(10(2)17)5-6-16-14/h3-8,10,17H,1-2H3/t10-/m0/s1. The molecule has 2 aromatic rings. The van der Waals surface area contributed by atoms with E-state index in [1.165, 1.54) is 12.1 Å². The van der Waals surface area contributed by atoms with E-state index < -0.39 is 6.10 Å². The molecule has 0 aliphatic heterocycles. The quantitative estimate of drug-likeness (QED) is 0.904. The number of nitrogens with zero attached hydrogens (tertiary/aromatic N) is 1. The second-order valence-corrected chi connectivity index (χ2v) is 4.12. The van der Waals surface area contributed by atoms with Crippen LogP contribution in [0.5, 0.6) is 11.6 Å². The number of hydrogen-bond acceptors (Lipinski definition) is 3. The van der Waals surface area contributed by atoms with E-state index in [1.807, 2.05) is 0 Å². The summed E-state index contributed by atoms with van der Waals surface area (Å²) < 4.78 is 18.5. The molecule has 1 heterocycles. The van der Waals surface area contributed by atoms with Crippen molar-refractivity contribution >= 4 is 0 Å². The highest BCUT2D eigenvalue weighted by Gasteiger charge is 2.06. The molecule has 0 saturated heterocycles. The SMILES string of the molecule is Cc1cc(F)ccc1Oc1cc([C@H](C)O)ccn1. The number of benzene rings is 1. The van der Waals surface area contributed by atoms with E-state index >= 15 is 0 Å². The number of aliphatic hydroxyl groups is 1. The lowest BCUT2D eigenvalue weighted by molar-refractivity contribution is 0.198.